The van der Waals surface area contributed by atoms with Gasteiger partial charge in [-0.25, -0.2) is 0 Å². The Balaban J connectivity index is 1.61. The second-order valence-corrected chi connectivity index (χ2v) is 6.29. The number of aryl methyl sites for hydroxylation is 1. The minimum absolute atomic E-state index is 0.180. The number of aromatic amines is 1. The monoisotopic (exact) mass is 402 g/mol. The lowest BCUT2D eigenvalue weighted by molar-refractivity contribution is -0.118. The molecule has 0 aliphatic carbocycles. The number of ether oxygens (including phenoxy) is 2. The van der Waals surface area contributed by atoms with Crippen molar-refractivity contribution in [1.29, 1.82) is 0 Å². The van der Waals surface area contributed by atoms with E-state index in [-0.39, 0.29) is 12.5 Å². The Hall–Kier alpha value is -3.33. The zero-order valence-corrected chi connectivity index (χ0v) is 16.1. The Bertz CT molecular complexity index is 931. The standard InChI is InChI=1S/C18H19ClN6O3/c1-11-3-5-13(6-4-11)21-17(26)10-28-16-8-14(19)12(7-15(16)27-2)9-20-18-22-24-25-23-18/h3-8H,9-10H2,1-2H3,(H,21,26)(H2,20,22,23,24,25). The van der Waals surface area contributed by atoms with Gasteiger partial charge in [-0.05, 0) is 35.9 Å². The first-order valence-corrected chi connectivity index (χ1v) is 8.76. The fraction of sp³-hybridized carbons (Fsp3) is 0.222. The third-order valence-corrected chi connectivity index (χ3v) is 4.16. The summed E-state index contributed by atoms with van der Waals surface area (Å²) in [5, 5.41) is 19.6. The molecule has 0 saturated carbocycles. The number of amides is 1. The van der Waals surface area contributed by atoms with Gasteiger partial charge in [0.05, 0.1) is 7.11 Å². The van der Waals surface area contributed by atoms with Crippen LogP contribution in [0.3, 0.4) is 0 Å². The highest BCUT2D eigenvalue weighted by atomic mass is 35.5. The van der Waals surface area contributed by atoms with E-state index in [1.807, 2.05) is 31.2 Å². The number of hydrogen-bond acceptors (Lipinski definition) is 7. The highest BCUT2D eigenvalue weighted by Crippen LogP contribution is 2.33. The van der Waals surface area contributed by atoms with Gasteiger partial charge in [0.2, 0.25) is 0 Å². The molecule has 0 spiro atoms. The van der Waals surface area contributed by atoms with Crippen LogP contribution in [0.25, 0.3) is 0 Å². The van der Waals surface area contributed by atoms with E-state index in [2.05, 4.69) is 31.3 Å². The highest BCUT2D eigenvalue weighted by Gasteiger charge is 2.13. The predicted octanol–water partition coefficient (Wildman–Crippen LogP) is 2.80. The fourth-order valence-electron chi connectivity index (χ4n) is 2.37. The van der Waals surface area contributed by atoms with Crippen LogP contribution in [-0.4, -0.2) is 40.2 Å². The number of nitrogens with zero attached hydrogens (tertiary/aromatic N) is 3. The summed E-state index contributed by atoms with van der Waals surface area (Å²) in [6.07, 6.45) is 0. The lowest BCUT2D eigenvalue weighted by Crippen LogP contribution is -2.20. The summed E-state index contributed by atoms with van der Waals surface area (Å²) in [5.74, 6) is 0.889. The molecule has 0 bridgehead atoms. The molecule has 28 heavy (non-hydrogen) atoms. The molecule has 0 radical (unpaired) electrons. The SMILES string of the molecule is COc1cc(CNc2nn[nH]n2)c(Cl)cc1OCC(=O)Nc1ccc(C)cc1. The molecule has 1 aromatic heterocycles. The van der Waals surface area contributed by atoms with E-state index in [0.717, 1.165) is 11.1 Å². The largest absolute Gasteiger partial charge is 0.493 e. The summed E-state index contributed by atoms with van der Waals surface area (Å²) in [7, 11) is 1.51. The molecule has 0 unspecified atom stereocenters. The minimum Gasteiger partial charge on any atom is -0.493 e. The molecule has 2 aromatic carbocycles. The van der Waals surface area contributed by atoms with Gasteiger partial charge in [-0.15, -0.1) is 5.10 Å². The Kier molecular flexibility index (Phi) is 6.28. The average Bonchev–Trinajstić information content (AvgIpc) is 3.21. The maximum Gasteiger partial charge on any atom is 0.263 e. The summed E-state index contributed by atoms with van der Waals surface area (Å²) in [4.78, 5) is 12.1. The third kappa shape index (κ3) is 5.10. The van der Waals surface area contributed by atoms with E-state index < -0.39 is 0 Å². The van der Waals surface area contributed by atoms with Crippen LogP contribution >= 0.6 is 11.6 Å². The number of carbonyl (C=O) groups excluding carboxylic acids is 1. The second kappa shape index (κ2) is 9.05. The second-order valence-electron chi connectivity index (χ2n) is 5.89. The van der Waals surface area contributed by atoms with Crippen molar-refractivity contribution < 1.29 is 14.3 Å². The molecule has 0 aliphatic rings. The van der Waals surface area contributed by atoms with E-state index >= 15 is 0 Å². The van der Waals surface area contributed by atoms with Gasteiger partial charge in [0.1, 0.15) is 0 Å². The summed E-state index contributed by atoms with van der Waals surface area (Å²) in [6.45, 7) is 2.16. The number of hydrogen-bond donors (Lipinski definition) is 3. The molecule has 1 heterocycles. The maximum absolute atomic E-state index is 12.1. The van der Waals surface area contributed by atoms with E-state index in [1.165, 1.54) is 7.11 Å². The number of nitrogens with one attached hydrogen (secondary N) is 3. The quantitative estimate of drug-likeness (QED) is 0.530. The van der Waals surface area contributed by atoms with Crippen LogP contribution in [0.2, 0.25) is 5.02 Å². The van der Waals surface area contributed by atoms with Gasteiger partial charge < -0.3 is 20.1 Å². The van der Waals surface area contributed by atoms with Crippen LogP contribution in [0.4, 0.5) is 11.6 Å². The Morgan fingerprint density at radius 1 is 1.21 bits per heavy atom. The van der Waals surface area contributed by atoms with Crippen molar-refractivity contribution in [2.24, 2.45) is 0 Å². The summed E-state index contributed by atoms with van der Waals surface area (Å²) in [5.41, 5.74) is 2.56. The first-order chi connectivity index (χ1) is 13.5. The first kappa shape index (κ1) is 19.4. The molecule has 1 amide bonds. The number of H-pyrrole nitrogens is 1. The molecule has 9 nitrogen and oxygen atoms in total. The van der Waals surface area contributed by atoms with Crippen LogP contribution in [0.15, 0.2) is 36.4 Å². The van der Waals surface area contributed by atoms with Gasteiger partial charge in [-0.2, -0.15) is 5.21 Å². The third-order valence-electron chi connectivity index (χ3n) is 3.81. The number of tetrazole rings is 1. The number of rotatable bonds is 8. The van der Waals surface area contributed by atoms with Crippen LogP contribution in [0.5, 0.6) is 11.5 Å². The molecule has 0 aliphatic heterocycles. The highest BCUT2D eigenvalue weighted by molar-refractivity contribution is 6.31. The van der Waals surface area contributed by atoms with Crippen LogP contribution in [0.1, 0.15) is 11.1 Å². The zero-order valence-electron chi connectivity index (χ0n) is 15.3. The lowest BCUT2D eigenvalue weighted by Gasteiger charge is -2.14. The minimum atomic E-state index is -0.287. The molecule has 0 atom stereocenters. The van der Waals surface area contributed by atoms with E-state index in [1.54, 1.807) is 12.1 Å². The molecule has 0 saturated heterocycles. The average molecular weight is 403 g/mol. The van der Waals surface area contributed by atoms with Crippen LogP contribution < -0.4 is 20.1 Å². The smallest absolute Gasteiger partial charge is 0.263 e. The van der Waals surface area contributed by atoms with E-state index in [4.69, 9.17) is 21.1 Å². The van der Waals surface area contributed by atoms with Crippen LogP contribution in [-0.2, 0) is 11.3 Å². The van der Waals surface area contributed by atoms with Gasteiger partial charge in [0, 0.05) is 23.3 Å². The van der Waals surface area contributed by atoms with Gasteiger partial charge >= 0.3 is 0 Å². The topological polar surface area (TPSA) is 114 Å². The normalized spacial score (nSPS) is 10.4. The number of anilines is 2. The predicted molar refractivity (Wildman–Crippen MR) is 105 cm³/mol. The molecule has 3 N–H and O–H groups in total. The van der Waals surface area contributed by atoms with E-state index in [9.17, 15) is 4.79 Å². The molecule has 146 valence electrons. The molecule has 10 heteroatoms. The fourth-order valence-corrected chi connectivity index (χ4v) is 2.59. The van der Waals surface area contributed by atoms with Crippen molar-refractivity contribution in [3.8, 4) is 11.5 Å². The van der Waals surface area contributed by atoms with Gasteiger partial charge in [0.25, 0.3) is 11.9 Å². The Morgan fingerprint density at radius 2 is 2.00 bits per heavy atom. The van der Waals surface area contributed by atoms with Gasteiger partial charge in [-0.1, -0.05) is 34.4 Å². The number of halogens is 1. The summed E-state index contributed by atoms with van der Waals surface area (Å²) >= 11 is 6.32. The van der Waals surface area contributed by atoms with Crippen LogP contribution in [0, 0.1) is 6.92 Å². The lowest BCUT2D eigenvalue weighted by atomic mass is 10.2. The van der Waals surface area contributed by atoms with Gasteiger partial charge in [-0.3, -0.25) is 4.79 Å². The zero-order chi connectivity index (χ0) is 19.9. The molecule has 3 aromatic rings. The van der Waals surface area contributed by atoms with Crippen molar-refractivity contribution in [3.63, 3.8) is 0 Å². The van der Waals surface area contributed by atoms with Crippen molar-refractivity contribution in [2.75, 3.05) is 24.4 Å². The number of benzene rings is 2. The van der Waals surface area contributed by atoms with Gasteiger partial charge in [0.15, 0.2) is 18.1 Å². The van der Waals surface area contributed by atoms with Crippen molar-refractivity contribution in [1.82, 2.24) is 20.6 Å². The maximum atomic E-state index is 12.1. The molecule has 0 fully saturated rings. The summed E-state index contributed by atoms with van der Waals surface area (Å²) < 4.78 is 10.9. The first-order valence-electron chi connectivity index (χ1n) is 8.38. The van der Waals surface area contributed by atoms with Crippen molar-refractivity contribution in [3.05, 3.63) is 52.5 Å². The molecular weight excluding hydrogens is 384 g/mol. The van der Waals surface area contributed by atoms with Crippen molar-refractivity contribution >= 4 is 29.1 Å². The molecule has 3 rings (SSSR count). The number of aromatic nitrogens is 4. The summed E-state index contributed by atoms with van der Waals surface area (Å²) in [6, 6.07) is 10.8. The number of carbonyl (C=O) groups is 1. The Labute approximate surface area is 166 Å². The Morgan fingerprint density at radius 3 is 2.68 bits per heavy atom. The number of methoxy groups -OCH3 is 1. The van der Waals surface area contributed by atoms with Crippen molar-refractivity contribution in [2.45, 2.75) is 13.5 Å². The van der Waals surface area contributed by atoms with E-state index in [0.29, 0.717) is 34.7 Å². The molecular formula is C18H19ClN6O3.